The average molecular weight is 265 g/mol. The van der Waals surface area contributed by atoms with Crippen LogP contribution in [0.1, 0.15) is 16.1 Å². The van der Waals surface area contributed by atoms with Gasteiger partial charge >= 0.3 is 0 Å². The lowest BCUT2D eigenvalue weighted by molar-refractivity contribution is 0.101. The fraction of sp³-hybridized carbons (Fsp3) is 0.0769. The molecular formula is C13H10ClFN2O. The molecule has 0 saturated heterocycles. The molecular weight excluding hydrogens is 255 g/mol. The van der Waals surface area contributed by atoms with Crippen LogP contribution in [0, 0.1) is 12.7 Å². The highest BCUT2D eigenvalue weighted by molar-refractivity contribution is 6.31. The third kappa shape index (κ3) is 2.65. The Morgan fingerprint density at radius 1 is 1.39 bits per heavy atom. The number of aryl methyl sites for hydroxylation is 1. The Kier molecular flexibility index (Phi) is 3.58. The number of nitrogens with one attached hydrogen (secondary N) is 1. The maximum Gasteiger partial charge on any atom is 0.277 e. The fourth-order valence-electron chi connectivity index (χ4n) is 1.41. The normalized spacial score (nSPS) is 10.2. The van der Waals surface area contributed by atoms with E-state index in [0.717, 1.165) is 5.56 Å². The number of hydrogen-bond acceptors (Lipinski definition) is 2. The minimum atomic E-state index is -0.659. The van der Waals surface area contributed by atoms with Crippen LogP contribution in [0.25, 0.3) is 0 Å². The Balaban J connectivity index is 2.22. The highest BCUT2D eigenvalue weighted by atomic mass is 35.5. The van der Waals surface area contributed by atoms with Gasteiger partial charge in [0.2, 0.25) is 0 Å². The predicted octanol–water partition coefficient (Wildman–Crippen LogP) is 3.43. The van der Waals surface area contributed by atoms with Gasteiger partial charge in [-0.3, -0.25) is 4.79 Å². The van der Waals surface area contributed by atoms with Gasteiger partial charge in [-0.2, -0.15) is 0 Å². The number of pyridine rings is 1. The van der Waals surface area contributed by atoms with Crippen molar-refractivity contribution >= 4 is 23.2 Å². The number of amides is 1. The van der Waals surface area contributed by atoms with Crippen LogP contribution in [0.15, 0.2) is 36.5 Å². The van der Waals surface area contributed by atoms with Crippen molar-refractivity contribution in [2.24, 2.45) is 0 Å². The first kappa shape index (κ1) is 12.5. The summed E-state index contributed by atoms with van der Waals surface area (Å²) in [6.45, 7) is 1.85. The summed E-state index contributed by atoms with van der Waals surface area (Å²) in [5.74, 6) is -1.26. The van der Waals surface area contributed by atoms with E-state index in [9.17, 15) is 9.18 Å². The average Bonchev–Trinajstić information content (AvgIpc) is 2.34. The van der Waals surface area contributed by atoms with Crippen LogP contribution in [0.2, 0.25) is 5.02 Å². The summed E-state index contributed by atoms with van der Waals surface area (Å²) in [5.41, 5.74) is 1.16. The van der Waals surface area contributed by atoms with Gasteiger partial charge in [-0.1, -0.05) is 17.7 Å². The molecule has 0 unspecified atom stereocenters. The second kappa shape index (κ2) is 5.14. The highest BCUT2D eigenvalue weighted by Crippen LogP contribution is 2.20. The zero-order chi connectivity index (χ0) is 13.1. The van der Waals surface area contributed by atoms with Crippen molar-refractivity contribution in [2.75, 3.05) is 5.32 Å². The van der Waals surface area contributed by atoms with Gasteiger partial charge in [0.05, 0.1) is 0 Å². The first-order valence-electron chi connectivity index (χ1n) is 5.26. The molecule has 5 heteroatoms. The summed E-state index contributed by atoms with van der Waals surface area (Å²) in [7, 11) is 0. The SMILES string of the molecule is Cc1ccc(NC(=O)c2ncccc2F)cc1Cl. The Labute approximate surface area is 109 Å². The van der Waals surface area contributed by atoms with E-state index in [4.69, 9.17) is 11.6 Å². The van der Waals surface area contributed by atoms with Crippen LogP contribution in [0.4, 0.5) is 10.1 Å². The molecule has 0 bridgehead atoms. The minimum absolute atomic E-state index is 0.241. The van der Waals surface area contributed by atoms with Crippen molar-refractivity contribution in [3.63, 3.8) is 0 Å². The third-order valence-electron chi connectivity index (χ3n) is 2.40. The fourth-order valence-corrected chi connectivity index (χ4v) is 1.59. The summed E-state index contributed by atoms with van der Waals surface area (Å²) in [6, 6.07) is 7.68. The number of hydrogen-bond donors (Lipinski definition) is 1. The van der Waals surface area contributed by atoms with E-state index in [0.29, 0.717) is 10.7 Å². The number of carbonyl (C=O) groups is 1. The molecule has 0 aliphatic heterocycles. The topological polar surface area (TPSA) is 42.0 Å². The Bertz CT molecular complexity index is 601. The summed E-state index contributed by atoms with van der Waals surface area (Å²) < 4.78 is 13.3. The molecule has 0 aliphatic carbocycles. The second-order valence-corrected chi connectivity index (χ2v) is 4.16. The number of anilines is 1. The van der Waals surface area contributed by atoms with E-state index >= 15 is 0 Å². The molecule has 18 heavy (non-hydrogen) atoms. The highest BCUT2D eigenvalue weighted by Gasteiger charge is 2.13. The van der Waals surface area contributed by atoms with Gasteiger partial charge in [-0.05, 0) is 36.8 Å². The molecule has 0 atom stereocenters. The zero-order valence-corrected chi connectivity index (χ0v) is 10.3. The molecule has 2 rings (SSSR count). The molecule has 0 aliphatic rings. The summed E-state index contributed by atoms with van der Waals surface area (Å²) in [4.78, 5) is 15.5. The summed E-state index contributed by atoms with van der Waals surface area (Å²) >= 11 is 5.93. The summed E-state index contributed by atoms with van der Waals surface area (Å²) in [5, 5.41) is 3.08. The van der Waals surface area contributed by atoms with Crippen molar-refractivity contribution in [3.05, 3.63) is 58.6 Å². The van der Waals surface area contributed by atoms with Crippen LogP contribution in [0.3, 0.4) is 0 Å². The molecule has 1 amide bonds. The van der Waals surface area contributed by atoms with Crippen LogP contribution in [-0.2, 0) is 0 Å². The molecule has 0 fully saturated rings. The standard InChI is InChI=1S/C13H10ClFN2O/c1-8-4-5-9(7-10(8)14)17-13(18)12-11(15)3-2-6-16-12/h2-7H,1H3,(H,17,18). The molecule has 92 valence electrons. The van der Waals surface area contributed by atoms with Crippen molar-refractivity contribution in [1.82, 2.24) is 4.98 Å². The maximum absolute atomic E-state index is 13.3. The van der Waals surface area contributed by atoms with Gasteiger partial charge in [0.15, 0.2) is 11.5 Å². The van der Waals surface area contributed by atoms with Crippen LogP contribution < -0.4 is 5.32 Å². The predicted molar refractivity (Wildman–Crippen MR) is 68.3 cm³/mol. The molecule has 1 heterocycles. The minimum Gasteiger partial charge on any atom is -0.321 e. The van der Waals surface area contributed by atoms with Gasteiger partial charge in [0.1, 0.15) is 0 Å². The van der Waals surface area contributed by atoms with Gasteiger partial charge in [0.25, 0.3) is 5.91 Å². The van der Waals surface area contributed by atoms with E-state index < -0.39 is 11.7 Å². The lowest BCUT2D eigenvalue weighted by Gasteiger charge is -2.06. The molecule has 1 N–H and O–H groups in total. The van der Waals surface area contributed by atoms with E-state index in [1.165, 1.54) is 18.3 Å². The second-order valence-electron chi connectivity index (χ2n) is 3.75. The molecule has 1 aromatic heterocycles. The largest absolute Gasteiger partial charge is 0.321 e. The number of nitrogens with zero attached hydrogens (tertiary/aromatic N) is 1. The Hall–Kier alpha value is -1.94. The summed E-state index contributed by atoms with van der Waals surface area (Å²) in [6.07, 6.45) is 1.36. The van der Waals surface area contributed by atoms with Crippen LogP contribution >= 0.6 is 11.6 Å². The Morgan fingerprint density at radius 2 is 2.17 bits per heavy atom. The molecule has 0 saturated carbocycles. The van der Waals surface area contributed by atoms with Crippen molar-refractivity contribution in [2.45, 2.75) is 6.92 Å². The third-order valence-corrected chi connectivity index (χ3v) is 2.81. The first-order chi connectivity index (χ1) is 8.58. The van der Waals surface area contributed by atoms with Crippen molar-refractivity contribution in [3.8, 4) is 0 Å². The van der Waals surface area contributed by atoms with Gasteiger partial charge < -0.3 is 5.32 Å². The first-order valence-corrected chi connectivity index (χ1v) is 5.64. The monoisotopic (exact) mass is 264 g/mol. The van der Waals surface area contributed by atoms with E-state index in [2.05, 4.69) is 10.3 Å². The van der Waals surface area contributed by atoms with E-state index in [-0.39, 0.29) is 5.69 Å². The molecule has 3 nitrogen and oxygen atoms in total. The number of halogens is 2. The van der Waals surface area contributed by atoms with Crippen molar-refractivity contribution < 1.29 is 9.18 Å². The quantitative estimate of drug-likeness (QED) is 0.903. The Morgan fingerprint density at radius 3 is 2.83 bits per heavy atom. The van der Waals surface area contributed by atoms with Crippen LogP contribution in [-0.4, -0.2) is 10.9 Å². The number of benzene rings is 1. The lowest BCUT2D eigenvalue weighted by atomic mass is 10.2. The smallest absolute Gasteiger partial charge is 0.277 e. The number of aromatic nitrogens is 1. The maximum atomic E-state index is 13.3. The van der Waals surface area contributed by atoms with Gasteiger partial charge in [0, 0.05) is 16.9 Å². The van der Waals surface area contributed by atoms with E-state index in [1.807, 2.05) is 6.92 Å². The molecule has 0 spiro atoms. The van der Waals surface area contributed by atoms with E-state index in [1.54, 1.807) is 18.2 Å². The molecule has 2 aromatic rings. The molecule has 0 radical (unpaired) electrons. The number of rotatable bonds is 2. The van der Waals surface area contributed by atoms with Crippen molar-refractivity contribution in [1.29, 1.82) is 0 Å². The number of carbonyl (C=O) groups excluding carboxylic acids is 1. The lowest BCUT2D eigenvalue weighted by Crippen LogP contribution is -2.15. The molecule has 1 aromatic carbocycles. The van der Waals surface area contributed by atoms with Crippen LogP contribution in [0.5, 0.6) is 0 Å². The van der Waals surface area contributed by atoms with Gasteiger partial charge in [-0.25, -0.2) is 9.37 Å². The van der Waals surface area contributed by atoms with Gasteiger partial charge in [-0.15, -0.1) is 0 Å². The zero-order valence-electron chi connectivity index (χ0n) is 9.58.